The molecule has 0 fully saturated rings. The first kappa shape index (κ1) is 8.31. The lowest BCUT2D eigenvalue weighted by Gasteiger charge is -2.01. The third-order valence-corrected chi connectivity index (χ3v) is 2.58. The van der Waals surface area contributed by atoms with Gasteiger partial charge in [0.15, 0.2) is 0 Å². The SMILES string of the molecule is CSc1cc2nnccc2cc1O. The van der Waals surface area contributed by atoms with E-state index in [1.807, 2.05) is 18.4 Å². The van der Waals surface area contributed by atoms with Gasteiger partial charge in [0.05, 0.1) is 16.6 Å². The summed E-state index contributed by atoms with van der Waals surface area (Å²) in [6.45, 7) is 0. The third-order valence-electron chi connectivity index (χ3n) is 1.81. The molecule has 0 aliphatic rings. The Kier molecular flexibility index (Phi) is 2.06. The predicted octanol–water partition coefficient (Wildman–Crippen LogP) is 2.06. The summed E-state index contributed by atoms with van der Waals surface area (Å²) in [6, 6.07) is 5.37. The van der Waals surface area contributed by atoms with E-state index in [-0.39, 0.29) is 0 Å². The van der Waals surface area contributed by atoms with Crippen LogP contribution in [0.1, 0.15) is 0 Å². The zero-order valence-corrected chi connectivity index (χ0v) is 7.88. The van der Waals surface area contributed by atoms with Crippen molar-refractivity contribution in [2.24, 2.45) is 0 Å². The van der Waals surface area contributed by atoms with Gasteiger partial charge < -0.3 is 5.11 Å². The van der Waals surface area contributed by atoms with E-state index in [2.05, 4.69) is 10.2 Å². The van der Waals surface area contributed by atoms with E-state index in [1.54, 1.807) is 12.3 Å². The maximum Gasteiger partial charge on any atom is 0.129 e. The zero-order chi connectivity index (χ0) is 9.26. The fourth-order valence-electron chi connectivity index (χ4n) is 1.17. The molecule has 0 atom stereocenters. The average Bonchev–Trinajstić information content (AvgIpc) is 2.17. The van der Waals surface area contributed by atoms with Crippen molar-refractivity contribution in [3.63, 3.8) is 0 Å². The van der Waals surface area contributed by atoms with E-state index in [9.17, 15) is 5.11 Å². The molecule has 0 amide bonds. The molecule has 1 aromatic carbocycles. The maximum absolute atomic E-state index is 9.54. The number of hydrogen-bond donors (Lipinski definition) is 1. The van der Waals surface area contributed by atoms with Gasteiger partial charge in [0, 0.05) is 5.39 Å². The number of aromatic hydroxyl groups is 1. The molecule has 0 bridgehead atoms. The Morgan fingerprint density at radius 2 is 2.23 bits per heavy atom. The average molecular weight is 192 g/mol. The van der Waals surface area contributed by atoms with Gasteiger partial charge in [-0.25, -0.2) is 0 Å². The van der Waals surface area contributed by atoms with Crippen LogP contribution in [0.15, 0.2) is 29.3 Å². The van der Waals surface area contributed by atoms with Crippen LogP contribution in [0.25, 0.3) is 10.9 Å². The van der Waals surface area contributed by atoms with Crippen LogP contribution < -0.4 is 0 Å². The fourth-order valence-corrected chi connectivity index (χ4v) is 1.66. The number of rotatable bonds is 1. The van der Waals surface area contributed by atoms with Crippen molar-refractivity contribution in [3.8, 4) is 5.75 Å². The Morgan fingerprint density at radius 3 is 3.00 bits per heavy atom. The van der Waals surface area contributed by atoms with Gasteiger partial charge in [-0.05, 0) is 24.5 Å². The monoisotopic (exact) mass is 192 g/mol. The normalized spacial score (nSPS) is 10.5. The lowest BCUT2D eigenvalue weighted by molar-refractivity contribution is 0.463. The molecule has 0 saturated heterocycles. The van der Waals surface area contributed by atoms with Crippen LogP contribution in [0.5, 0.6) is 5.75 Å². The van der Waals surface area contributed by atoms with Crippen molar-refractivity contribution in [1.29, 1.82) is 0 Å². The highest BCUT2D eigenvalue weighted by Gasteiger charge is 2.02. The first-order valence-electron chi connectivity index (χ1n) is 3.79. The molecule has 0 aliphatic carbocycles. The Labute approximate surface area is 79.8 Å². The Morgan fingerprint density at radius 1 is 1.38 bits per heavy atom. The van der Waals surface area contributed by atoms with Crippen LogP contribution in [0, 0.1) is 0 Å². The lowest BCUT2D eigenvalue weighted by atomic mass is 10.2. The number of aromatic nitrogens is 2. The first-order valence-corrected chi connectivity index (χ1v) is 5.02. The summed E-state index contributed by atoms with van der Waals surface area (Å²) >= 11 is 1.49. The number of phenolic OH excluding ortho intramolecular Hbond substituents is 1. The molecule has 0 saturated carbocycles. The molecule has 1 aromatic heterocycles. The summed E-state index contributed by atoms with van der Waals surface area (Å²) in [5.41, 5.74) is 0.810. The van der Waals surface area contributed by atoms with E-state index in [1.165, 1.54) is 11.8 Å². The first-order chi connectivity index (χ1) is 6.31. The highest BCUT2D eigenvalue weighted by molar-refractivity contribution is 7.98. The second-order valence-electron chi connectivity index (χ2n) is 2.61. The highest BCUT2D eigenvalue weighted by Crippen LogP contribution is 2.29. The second-order valence-corrected chi connectivity index (χ2v) is 3.46. The molecule has 2 rings (SSSR count). The van der Waals surface area contributed by atoms with Crippen molar-refractivity contribution in [2.75, 3.05) is 6.26 Å². The van der Waals surface area contributed by atoms with Crippen molar-refractivity contribution >= 4 is 22.7 Å². The molecular formula is C9H8N2OS. The number of fused-ring (bicyclic) bond motifs is 1. The smallest absolute Gasteiger partial charge is 0.129 e. The molecule has 3 nitrogen and oxygen atoms in total. The van der Waals surface area contributed by atoms with Crippen molar-refractivity contribution < 1.29 is 5.11 Å². The summed E-state index contributed by atoms with van der Waals surface area (Å²) < 4.78 is 0. The van der Waals surface area contributed by atoms with Gasteiger partial charge in [-0.1, -0.05) is 0 Å². The molecule has 13 heavy (non-hydrogen) atoms. The third kappa shape index (κ3) is 1.45. The van der Waals surface area contributed by atoms with Crippen LogP contribution in [-0.4, -0.2) is 21.6 Å². The number of benzene rings is 1. The fraction of sp³-hybridized carbons (Fsp3) is 0.111. The van der Waals surface area contributed by atoms with Gasteiger partial charge in [0.2, 0.25) is 0 Å². The number of hydrogen-bond acceptors (Lipinski definition) is 4. The molecule has 4 heteroatoms. The molecule has 1 heterocycles. The molecular weight excluding hydrogens is 184 g/mol. The lowest BCUT2D eigenvalue weighted by Crippen LogP contribution is -1.83. The van der Waals surface area contributed by atoms with Gasteiger partial charge in [-0.15, -0.1) is 11.8 Å². The Bertz CT molecular complexity index is 445. The van der Waals surface area contributed by atoms with Crippen LogP contribution in [0.2, 0.25) is 0 Å². The molecule has 2 aromatic rings. The van der Waals surface area contributed by atoms with Gasteiger partial charge in [0.1, 0.15) is 5.75 Å². The molecule has 0 unspecified atom stereocenters. The number of nitrogens with zero attached hydrogens (tertiary/aromatic N) is 2. The summed E-state index contributed by atoms with van der Waals surface area (Å²) in [6.07, 6.45) is 3.53. The minimum Gasteiger partial charge on any atom is -0.507 e. The zero-order valence-electron chi connectivity index (χ0n) is 7.06. The highest BCUT2D eigenvalue weighted by atomic mass is 32.2. The Balaban J connectivity index is 2.74. The van der Waals surface area contributed by atoms with E-state index in [4.69, 9.17) is 0 Å². The van der Waals surface area contributed by atoms with Crippen molar-refractivity contribution in [1.82, 2.24) is 10.2 Å². The number of thioether (sulfide) groups is 1. The van der Waals surface area contributed by atoms with E-state index in [0.717, 1.165) is 15.8 Å². The van der Waals surface area contributed by atoms with Gasteiger partial charge in [0.25, 0.3) is 0 Å². The van der Waals surface area contributed by atoms with Crippen molar-refractivity contribution in [2.45, 2.75) is 4.90 Å². The largest absolute Gasteiger partial charge is 0.507 e. The minimum atomic E-state index is 0.299. The quantitative estimate of drug-likeness (QED) is 0.702. The van der Waals surface area contributed by atoms with Gasteiger partial charge >= 0.3 is 0 Å². The van der Waals surface area contributed by atoms with Crippen LogP contribution in [0.3, 0.4) is 0 Å². The summed E-state index contributed by atoms with van der Waals surface area (Å²) in [5.74, 6) is 0.299. The molecule has 0 spiro atoms. The summed E-state index contributed by atoms with van der Waals surface area (Å²) in [7, 11) is 0. The second kappa shape index (κ2) is 3.22. The molecule has 0 radical (unpaired) electrons. The minimum absolute atomic E-state index is 0.299. The standard InChI is InChI=1S/C9H8N2OS/c1-13-9-5-7-6(4-8(9)12)2-3-10-11-7/h2-5,12H,1H3. The maximum atomic E-state index is 9.54. The van der Waals surface area contributed by atoms with E-state index < -0.39 is 0 Å². The summed E-state index contributed by atoms with van der Waals surface area (Å²) in [4.78, 5) is 0.827. The van der Waals surface area contributed by atoms with E-state index in [0.29, 0.717) is 5.75 Å². The topological polar surface area (TPSA) is 46.0 Å². The predicted molar refractivity (Wildman–Crippen MR) is 53.0 cm³/mol. The molecule has 1 N–H and O–H groups in total. The molecule has 0 aliphatic heterocycles. The van der Waals surface area contributed by atoms with Gasteiger partial charge in [-0.2, -0.15) is 10.2 Å². The van der Waals surface area contributed by atoms with Crippen LogP contribution >= 0.6 is 11.8 Å². The van der Waals surface area contributed by atoms with Crippen LogP contribution in [-0.2, 0) is 0 Å². The van der Waals surface area contributed by atoms with Crippen LogP contribution in [0.4, 0.5) is 0 Å². The summed E-state index contributed by atoms with van der Waals surface area (Å²) in [5, 5.41) is 18.2. The Hall–Kier alpha value is -1.29. The van der Waals surface area contributed by atoms with E-state index >= 15 is 0 Å². The molecule has 66 valence electrons. The van der Waals surface area contributed by atoms with Crippen molar-refractivity contribution in [3.05, 3.63) is 24.4 Å². The van der Waals surface area contributed by atoms with Gasteiger partial charge in [-0.3, -0.25) is 0 Å². The number of phenols is 1.